The molecule has 152 valence electrons. The van der Waals surface area contributed by atoms with Gasteiger partial charge in [0.15, 0.2) is 0 Å². The molecule has 3 aromatic rings. The molecule has 1 aromatic carbocycles. The van der Waals surface area contributed by atoms with Gasteiger partial charge in [-0.2, -0.15) is 5.10 Å². The highest BCUT2D eigenvalue weighted by Gasteiger charge is 2.22. The number of benzene rings is 1. The molecular weight excluding hydrogens is 408 g/mol. The first-order chi connectivity index (χ1) is 13.9. The number of nitrogens with zero attached hydrogens (tertiary/aromatic N) is 3. The first-order valence-corrected chi connectivity index (χ1v) is 10.9. The Hall–Kier alpha value is -2.38. The maximum atomic E-state index is 12.7. The topological polar surface area (TPSA) is 67.2 Å². The van der Waals surface area contributed by atoms with Gasteiger partial charge in [0.25, 0.3) is 5.91 Å². The number of hydrogen-bond acceptors (Lipinski definition) is 4. The second-order valence-corrected chi connectivity index (χ2v) is 8.97. The lowest BCUT2D eigenvalue weighted by Gasteiger charge is -2.20. The van der Waals surface area contributed by atoms with Crippen molar-refractivity contribution in [3.05, 3.63) is 45.9 Å². The van der Waals surface area contributed by atoms with Crippen LogP contribution in [0.25, 0.3) is 15.9 Å². The van der Waals surface area contributed by atoms with E-state index < -0.39 is 0 Å². The van der Waals surface area contributed by atoms with Gasteiger partial charge in [-0.25, -0.2) is 4.68 Å². The Balaban J connectivity index is 1.48. The van der Waals surface area contributed by atoms with Crippen molar-refractivity contribution in [1.29, 1.82) is 0 Å². The molecule has 8 heteroatoms. The van der Waals surface area contributed by atoms with Crippen LogP contribution in [0.2, 0.25) is 5.02 Å². The first kappa shape index (κ1) is 19.9. The molecule has 0 saturated carbocycles. The highest BCUT2D eigenvalue weighted by Crippen LogP contribution is 2.32. The van der Waals surface area contributed by atoms with Crippen LogP contribution >= 0.6 is 22.9 Å². The Morgan fingerprint density at radius 3 is 2.90 bits per heavy atom. The molecule has 0 aliphatic carbocycles. The molecule has 2 aromatic heterocycles. The lowest BCUT2D eigenvalue weighted by Crippen LogP contribution is -2.35. The lowest BCUT2D eigenvalue weighted by atomic mass is 10.1. The van der Waals surface area contributed by atoms with Crippen LogP contribution in [0.3, 0.4) is 0 Å². The minimum absolute atomic E-state index is 0.101. The second kappa shape index (κ2) is 8.16. The largest absolute Gasteiger partial charge is 0.351 e. The zero-order valence-corrected chi connectivity index (χ0v) is 18.0. The molecule has 2 amide bonds. The van der Waals surface area contributed by atoms with Gasteiger partial charge < -0.3 is 10.2 Å². The molecule has 0 radical (unpaired) electrons. The van der Waals surface area contributed by atoms with E-state index in [1.807, 2.05) is 42.2 Å². The van der Waals surface area contributed by atoms with Crippen molar-refractivity contribution in [2.75, 3.05) is 19.6 Å². The summed E-state index contributed by atoms with van der Waals surface area (Å²) in [7, 11) is 0. The Kier molecular flexibility index (Phi) is 5.61. The molecule has 1 atom stereocenters. The van der Waals surface area contributed by atoms with Crippen molar-refractivity contribution < 1.29 is 9.59 Å². The number of hydrogen-bond donors (Lipinski definition) is 1. The number of carbonyl (C=O) groups is 2. The summed E-state index contributed by atoms with van der Waals surface area (Å²) in [5.74, 6) is 0.318. The van der Waals surface area contributed by atoms with Gasteiger partial charge in [0.1, 0.15) is 4.83 Å². The number of para-hydroxylation sites is 1. The number of rotatable bonds is 6. The van der Waals surface area contributed by atoms with Crippen molar-refractivity contribution in [3.8, 4) is 5.69 Å². The summed E-state index contributed by atoms with van der Waals surface area (Å²) >= 11 is 7.75. The molecule has 6 nitrogen and oxygen atoms in total. The van der Waals surface area contributed by atoms with E-state index >= 15 is 0 Å². The molecule has 3 heterocycles. The van der Waals surface area contributed by atoms with Gasteiger partial charge in [-0.1, -0.05) is 30.7 Å². The van der Waals surface area contributed by atoms with E-state index in [1.165, 1.54) is 11.3 Å². The van der Waals surface area contributed by atoms with Crippen LogP contribution < -0.4 is 5.32 Å². The third-order valence-electron chi connectivity index (χ3n) is 5.16. The van der Waals surface area contributed by atoms with Crippen LogP contribution in [-0.4, -0.2) is 46.1 Å². The number of aryl methyl sites for hydroxylation is 1. The number of carbonyl (C=O) groups excluding carboxylic acids is 2. The molecule has 1 fully saturated rings. The van der Waals surface area contributed by atoms with Crippen LogP contribution in [0.15, 0.2) is 30.3 Å². The molecule has 1 aliphatic heterocycles. The molecule has 4 rings (SSSR count). The highest BCUT2D eigenvalue weighted by molar-refractivity contribution is 7.20. The zero-order chi connectivity index (χ0) is 20.5. The quantitative estimate of drug-likeness (QED) is 0.641. The minimum atomic E-state index is -0.101. The summed E-state index contributed by atoms with van der Waals surface area (Å²) in [6.07, 6.45) is 1.57. The summed E-state index contributed by atoms with van der Waals surface area (Å²) < 4.78 is 1.80. The monoisotopic (exact) mass is 430 g/mol. The molecule has 0 spiro atoms. The smallest absolute Gasteiger partial charge is 0.261 e. The van der Waals surface area contributed by atoms with Crippen molar-refractivity contribution in [2.45, 2.75) is 26.7 Å². The predicted octanol–water partition coefficient (Wildman–Crippen LogP) is 4.04. The number of halogens is 1. The molecule has 1 unspecified atom stereocenters. The van der Waals surface area contributed by atoms with Crippen molar-refractivity contribution in [1.82, 2.24) is 20.0 Å². The van der Waals surface area contributed by atoms with E-state index in [0.717, 1.165) is 34.6 Å². The average Bonchev–Trinajstić information content (AvgIpc) is 3.38. The third-order valence-corrected chi connectivity index (χ3v) is 6.59. The van der Waals surface area contributed by atoms with Crippen LogP contribution in [0, 0.1) is 12.8 Å². The summed E-state index contributed by atoms with van der Waals surface area (Å²) in [6, 6.07) is 9.42. The van der Waals surface area contributed by atoms with Gasteiger partial charge in [0.05, 0.1) is 21.3 Å². The SMILES string of the molecule is Cc1nn(-c2ccccc2Cl)c2sc(C(=O)NCC(C)CN3CCCC3=O)cc12. The average molecular weight is 431 g/mol. The van der Waals surface area contributed by atoms with E-state index in [0.29, 0.717) is 29.4 Å². The molecule has 1 N–H and O–H groups in total. The van der Waals surface area contributed by atoms with E-state index in [-0.39, 0.29) is 17.7 Å². The first-order valence-electron chi connectivity index (χ1n) is 9.74. The Labute approximate surface area is 178 Å². The number of thiophene rings is 1. The summed E-state index contributed by atoms with van der Waals surface area (Å²) in [6.45, 7) is 6.03. The number of nitrogens with one attached hydrogen (secondary N) is 1. The number of aromatic nitrogens is 2. The second-order valence-electron chi connectivity index (χ2n) is 7.54. The van der Waals surface area contributed by atoms with Crippen LogP contribution in [0.1, 0.15) is 35.1 Å². The predicted molar refractivity (Wildman–Crippen MR) is 116 cm³/mol. The fourth-order valence-electron chi connectivity index (χ4n) is 3.64. The van der Waals surface area contributed by atoms with E-state index in [9.17, 15) is 9.59 Å². The summed E-state index contributed by atoms with van der Waals surface area (Å²) in [5.41, 5.74) is 1.65. The van der Waals surface area contributed by atoms with Crippen LogP contribution in [-0.2, 0) is 4.79 Å². The van der Waals surface area contributed by atoms with Gasteiger partial charge in [0.2, 0.25) is 5.91 Å². The molecular formula is C21H23ClN4O2S. The standard InChI is InChI=1S/C21H23ClN4O2S/c1-13(12-25-9-5-8-19(25)27)11-23-20(28)18-10-15-14(2)24-26(21(15)29-18)17-7-4-3-6-16(17)22/h3-4,6-7,10,13H,5,8-9,11-12H2,1-2H3,(H,23,28). The maximum Gasteiger partial charge on any atom is 0.261 e. The fourth-order valence-corrected chi connectivity index (χ4v) is 4.95. The van der Waals surface area contributed by atoms with Crippen LogP contribution in [0.5, 0.6) is 0 Å². The van der Waals surface area contributed by atoms with Crippen LogP contribution in [0.4, 0.5) is 0 Å². The van der Waals surface area contributed by atoms with E-state index in [4.69, 9.17) is 11.6 Å². The normalized spacial score (nSPS) is 15.3. The van der Waals surface area contributed by atoms with Gasteiger partial charge in [-0.15, -0.1) is 11.3 Å². The number of fused-ring (bicyclic) bond motifs is 1. The fraction of sp³-hybridized carbons (Fsp3) is 0.381. The zero-order valence-electron chi connectivity index (χ0n) is 16.4. The van der Waals surface area contributed by atoms with Gasteiger partial charge >= 0.3 is 0 Å². The molecule has 0 bridgehead atoms. The minimum Gasteiger partial charge on any atom is -0.351 e. The highest BCUT2D eigenvalue weighted by atomic mass is 35.5. The summed E-state index contributed by atoms with van der Waals surface area (Å²) in [4.78, 5) is 27.9. The Morgan fingerprint density at radius 1 is 1.38 bits per heavy atom. The Morgan fingerprint density at radius 2 is 2.17 bits per heavy atom. The van der Waals surface area contributed by atoms with Gasteiger partial charge in [-0.05, 0) is 37.5 Å². The number of likely N-dealkylation sites (tertiary alicyclic amines) is 1. The van der Waals surface area contributed by atoms with Crippen molar-refractivity contribution in [2.24, 2.45) is 5.92 Å². The van der Waals surface area contributed by atoms with Gasteiger partial charge in [0, 0.05) is 31.4 Å². The van der Waals surface area contributed by atoms with Crippen molar-refractivity contribution in [3.63, 3.8) is 0 Å². The van der Waals surface area contributed by atoms with E-state index in [2.05, 4.69) is 17.3 Å². The molecule has 1 saturated heterocycles. The Bertz CT molecular complexity index is 1070. The van der Waals surface area contributed by atoms with Crippen molar-refractivity contribution >= 4 is 45.0 Å². The molecule has 29 heavy (non-hydrogen) atoms. The maximum absolute atomic E-state index is 12.7. The van der Waals surface area contributed by atoms with E-state index in [1.54, 1.807) is 4.68 Å². The number of amides is 2. The summed E-state index contributed by atoms with van der Waals surface area (Å²) in [5, 5.41) is 9.17. The third kappa shape index (κ3) is 4.02. The lowest BCUT2D eigenvalue weighted by molar-refractivity contribution is -0.128. The van der Waals surface area contributed by atoms with Gasteiger partial charge in [-0.3, -0.25) is 9.59 Å². The molecule has 1 aliphatic rings.